The molecule has 1 saturated heterocycles. The summed E-state index contributed by atoms with van der Waals surface area (Å²) in [4.78, 5) is 43.9. The lowest BCUT2D eigenvalue weighted by molar-refractivity contribution is -0.159. The van der Waals surface area contributed by atoms with E-state index in [4.69, 9.17) is 0 Å². The largest absolute Gasteiger partial charge is 0.339 e. The highest BCUT2D eigenvalue weighted by molar-refractivity contribution is 6.04. The monoisotopic (exact) mass is 462 g/mol. The second kappa shape index (κ2) is 7.92. The van der Waals surface area contributed by atoms with Crippen LogP contribution in [0.3, 0.4) is 0 Å². The van der Waals surface area contributed by atoms with Crippen LogP contribution < -0.4 is 5.56 Å². The van der Waals surface area contributed by atoms with E-state index >= 15 is 0 Å². The summed E-state index contributed by atoms with van der Waals surface area (Å²) in [5.41, 5.74) is 0.0174. The Morgan fingerprint density at radius 1 is 0.882 bits per heavy atom. The lowest BCUT2D eigenvalue weighted by Gasteiger charge is -2.57. The molecule has 2 heterocycles. The predicted molar refractivity (Wildman–Crippen MR) is 129 cm³/mol. The number of hydrogen-bond donors (Lipinski definition) is 0. The minimum atomic E-state index is -0.173. The standard InChI is InChI=1S/C27H34N4O3/c1-17(2)31-24(32)22-6-4-3-5-21(22)23(28-31)25(33)29-7-9-30(10-8-29)26(34)27-14-18-11-19(15-27)13-20(12-18)16-27/h3-6,17-20H,7-16H2,1-2H3. The highest BCUT2D eigenvalue weighted by Crippen LogP contribution is 2.60. The van der Waals surface area contributed by atoms with Crippen LogP contribution in [0.4, 0.5) is 0 Å². The Hall–Kier alpha value is -2.70. The van der Waals surface area contributed by atoms with Gasteiger partial charge in [-0.1, -0.05) is 18.2 Å². The summed E-state index contributed by atoms with van der Waals surface area (Å²) in [5, 5.41) is 5.61. The van der Waals surface area contributed by atoms with Crippen LogP contribution in [0.1, 0.15) is 68.9 Å². The first-order valence-corrected chi connectivity index (χ1v) is 12.9. The van der Waals surface area contributed by atoms with Gasteiger partial charge < -0.3 is 9.80 Å². The summed E-state index contributed by atoms with van der Waals surface area (Å²) >= 11 is 0. The van der Waals surface area contributed by atoms with Crippen molar-refractivity contribution in [3.05, 3.63) is 40.3 Å². The number of aromatic nitrogens is 2. The third-order valence-corrected chi connectivity index (χ3v) is 8.87. The van der Waals surface area contributed by atoms with Crippen LogP contribution in [0.25, 0.3) is 10.8 Å². The van der Waals surface area contributed by atoms with Gasteiger partial charge in [0, 0.05) is 31.6 Å². The van der Waals surface area contributed by atoms with E-state index in [9.17, 15) is 14.4 Å². The van der Waals surface area contributed by atoms with Gasteiger partial charge in [-0.2, -0.15) is 5.10 Å². The molecule has 5 aliphatic rings. The fourth-order valence-corrected chi connectivity index (χ4v) is 7.68. The Labute approximate surface area is 200 Å². The normalized spacial score (nSPS) is 30.4. The SMILES string of the molecule is CC(C)n1nc(C(=O)N2CCN(C(=O)C34CC5CC(CC(C5)C3)C4)CC2)c2ccccc2c1=O. The van der Waals surface area contributed by atoms with Crippen LogP contribution in [0, 0.1) is 23.2 Å². The van der Waals surface area contributed by atoms with E-state index < -0.39 is 0 Å². The smallest absolute Gasteiger partial charge is 0.275 e. The highest BCUT2D eigenvalue weighted by Gasteiger charge is 2.55. The molecule has 34 heavy (non-hydrogen) atoms. The quantitative estimate of drug-likeness (QED) is 0.700. The van der Waals surface area contributed by atoms with Gasteiger partial charge in [0.15, 0.2) is 5.69 Å². The first-order valence-electron chi connectivity index (χ1n) is 12.9. The zero-order chi connectivity index (χ0) is 23.6. The maximum Gasteiger partial charge on any atom is 0.275 e. The molecule has 4 aliphatic carbocycles. The second-order valence-corrected chi connectivity index (χ2v) is 11.5. The highest BCUT2D eigenvalue weighted by atomic mass is 16.2. The topological polar surface area (TPSA) is 75.5 Å². The molecule has 4 bridgehead atoms. The summed E-state index contributed by atoms with van der Waals surface area (Å²) in [7, 11) is 0. The van der Waals surface area contributed by atoms with E-state index in [1.54, 1.807) is 17.0 Å². The molecule has 7 heteroatoms. The van der Waals surface area contributed by atoms with Gasteiger partial charge in [-0.05, 0) is 76.2 Å². The summed E-state index contributed by atoms with van der Waals surface area (Å²) in [6.45, 7) is 5.96. The molecule has 2 amide bonds. The van der Waals surface area contributed by atoms with Crippen molar-refractivity contribution in [3.63, 3.8) is 0 Å². The molecule has 1 aliphatic heterocycles. The average molecular weight is 463 g/mol. The second-order valence-electron chi connectivity index (χ2n) is 11.5. The van der Waals surface area contributed by atoms with Gasteiger partial charge in [0.25, 0.3) is 11.5 Å². The van der Waals surface area contributed by atoms with E-state index in [0.717, 1.165) is 37.0 Å². The molecule has 7 nitrogen and oxygen atoms in total. The molecule has 1 aromatic carbocycles. The van der Waals surface area contributed by atoms with Crippen molar-refractivity contribution in [2.24, 2.45) is 23.2 Å². The molecule has 0 spiro atoms. The van der Waals surface area contributed by atoms with Crippen LogP contribution in [0.15, 0.2) is 29.1 Å². The molecule has 0 unspecified atom stereocenters. The zero-order valence-corrected chi connectivity index (χ0v) is 20.2. The Morgan fingerprint density at radius 3 is 1.97 bits per heavy atom. The minimum absolute atomic E-state index is 0.133. The van der Waals surface area contributed by atoms with Gasteiger partial charge in [-0.25, -0.2) is 4.68 Å². The summed E-state index contributed by atoms with van der Waals surface area (Å²) < 4.78 is 1.41. The molecule has 5 fully saturated rings. The van der Waals surface area contributed by atoms with Crippen molar-refractivity contribution in [2.45, 2.75) is 58.4 Å². The third-order valence-electron chi connectivity index (χ3n) is 8.87. The van der Waals surface area contributed by atoms with Crippen molar-refractivity contribution < 1.29 is 9.59 Å². The van der Waals surface area contributed by atoms with E-state index in [1.807, 2.05) is 30.9 Å². The van der Waals surface area contributed by atoms with E-state index in [2.05, 4.69) is 5.10 Å². The molecule has 4 saturated carbocycles. The van der Waals surface area contributed by atoms with Crippen LogP contribution in [-0.2, 0) is 4.79 Å². The lowest BCUT2D eigenvalue weighted by atomic mass is 9.49. The molecular weight excluding hydrogens is 428 g/mol. The number of carbonyl (C=O) groups excluding carboxylic acids is 2. The first kappa shape index (κ1) is 21.8. The first-order chi connectivity index (χ1) is 16.3. The molecule has 0 radical (unpaired) electrons. The zero-order valence-electron chi connectivity index (χ0n) is 20.2. The Morgan fingerprint density at radius 2 is 1.41 bits per heavy atom. The van der Waals surface area contributed by atoms with Crippen molar-refractivity contribution in [2.75, 3.05) is 26.2 Å². The summed E-state index contributed by atoms with van der Waals surface area (Å²) in [5.74, 6) is 2.42. The molecule has 2 aromatic rings. The van der Waals surface area contributed by atoms with Crippen molar-refractivity contribution >= 4 is 22.6 Å². The third kappa shape index (κ3) is 3.38. The van der Waals surface area contributed by atoms with Gasteiger partial charge in [0.1, 0.15) is 0 Å². The van der Waals surface area contributed by atoms with E-state index in [0.29, 0.717) is 48.6 Å². The predicted octanol–water partition coefficient (Wildman–Crippen LogP) is 3.48. The van der Waals surface area contributed by atoms with Gasteiger partial charge in [0.2, 0.25) is 5.91 Å². The van der Waals surface area contributed by atoms with Gasteiger partial charge >= 0.3 is 0 Å². The molecule has 0 N–H and O–H groups in total. The van der Waals surface area contributed by atoms with Crippen molar-refractivity contribution in [1.29, 1.82) is 0 Å². The number of benzene rings is 1. The Balaban J connectivity index is 1.21. The van der Waals surface area contributed by atoms with Gasteiger partial charge in [-0.15, -0.1) is 0 Å². The number of amides is 2. The van der Waals surface area contributed by atoms with E-state index in [1.165, 1.54) is 23.9 Å². The molecular formula is C27H34N4O3. The number of carbonyl (C=O) groups is 2. The summed E-state index contributed by atoms with van der Waals surface area (Å²) in [6, 6.07) is 7.07. The molecule has 7 rings (SSSR count). The van der Waals surface area contributed by atoms with Crippen LogP contribution in [0.2, 0.25) is 0 Å². The fraction of sp³-hybridized carbons (Fsp3) is 0.630. The minimum Gasteiger partial charge on any atom is -0.339 e. The molecule has 1 aromatic heterocycles. The van der Waals surface area contributed by atoms with Gasteiger partial charge in [-0.3, -0.25) is 14.4 Å². The lowest BCUT2D eigenvalue weighted by Crippen LogP contribution is -2.58. The number of nitrogens with zero attached hydrogens (tertiary/aromatic N) is 4. The molecule has 180 valence electrons. The van der Waals surface area contributed by atoms with Gasteiger partial charge in [0.05, 0.1) is 16.8 Å². The van der Waals surface area contributed by atoms with Crippen LogP contribution >= 0.6 is 0 Å². The summed E-state index contributed by atoms with van der Waals surface area (Å²) in [6.07, 6.45) is 7.20. The fourth-order valence-electron chi connectivity index (χ4n) is 7.68. The van der Waals surface area contributed by atoms with Crippen molar-refractivity contribution in [1.82, 2.24) is 19.6 Å². The van der Waals surface area contributed by atoms with E-state index in [-0.39, 0.29) is 22.9 Å². The van der Waals surface area contributed by atoms with Crippen LogP contribution in [0.5, 0.6) is 0 Å². The Kier molecular flexibility index (Phi) is 5.08. The van der Waals surface area contributed by atoms with Crippen LogP contribution in [-0.4, -0.2) is 57.6 Å². The average Bonchev–Trinajstić information content (AvgIpc) is 2.82. The Bertz CT molecular complexity index is 1170. The molecule has 0 atom stereocenters. The number of piperazine rings is 1. The number of hydrogen-bond acceptors (Lipinski definition) is 4. The maximum atomic E-state index is 13.7. The van der Waals surface area contributed by atoms with Crippen molar-refractivity contribution in [3.8, 4) is 0 Å². The maximum absolute atomic E-state index is 13.7. The number of fused-ring (bicyclic) bond motifs is 1. The number of rotatable bonds is 3.